The molecule has 2 aromatic heterocycles. The van der Waals surface area contributed by atoms with Gasteiger partial charge in [-0.15, -0.1) is 0 Å². The van der Waals surface area contributed by atoms with Gasteiger partial charge < -0.3 is 9.84 Å². The Labute approximate surface area is 132 Å². The molecule has 1 aromatic carbocycles. The quantitative estimate of drug-likeness (QED) is 0.735. The topological polar surface area (TPSA) is 98.7 Å². The van der Waals surface area contributed by atoms with E-state index in [1.54, 1.807) is 6.92 Å². The van der Waals surface area contributed by atoms with Crippen LogP contribution in [0.1, 0.15) is 18.8 Å². The molecule has 0 saturated carbocycles. The fourth-order valence-electron chi connectivity index (χ4n) is 2.04. The highest BCUT2D eigenvalue weighted by Gasteiger charge is 2.15. The molecule has 0 aliphatic rings. The molecule has 0 fully saturated rings. The molecule has 0 aliphatic carbocycles. The first-order valence-corrected chi connectivity index (χ1v) is 7.24. The number of carbonyl (C=O) groups is 1. The summed E-state index contributed by atoms with van der Waals surface area (Å²) in [6, 6.07) is 9.13. The molecule has 8 nitrogen and oxygen atoms in total. The monoisotopic (exact) mass is 312 g/mol. The lowest BCUT2D eigenvalue weighted by atomic mass is 10.2. The van der Waals surface area contributed by atoms with E-state index < -0.39 is 6.04 Å². The maximum Gasteiger partial charge on any atom is 0.257 e. The lowest BCUT2D eigenvalue weighted by Crippen LogP contribution is -2.32. The summed E-state index contributed by atoms with van der Waals surface area (Å²) in [6.45, 7) is 2.18. The highest BCUT2D eigenvalue weighted by molar-refractivity contribution is 5.79. The van der Waals surface area contributed by atoms with E-state index in [0.717, 1.165) is 5.56 Å². The Morgan fingerprint density at radius 2 is 2.17 bits per heavy atom. The lowest BCUT2D eigenvalue weighted by molar-refractivity contribution is -0.124. The Morgan fingerprint density at radius 3 is 2.91 bits per heavy atom. The third kappa shape index (κ3) is 3.60. The summed E-state index contributed by atoms with van der Waals surface area (Å²) in [7, 11) is 0. The Bertz CT molecular complexity index is 753. The predicted molar refractivity (Wildman–Crippen MR) is 81.2 cm³/mol. The third-order valence-corrected chi connectivity index (χ3v) is 3.35. The van der Waals surface area contributed by atoms with Crippen molar-refractivity contribution in [1.82, 2.24) is 30.2 Å². The molecule has 3 rings (SSSR count). The first-order valence-electron chi connectivity index (χ1n) is 7.24. The van der Waals surface area contributed by atoms with Crippen molar-refractivity contribution in [2.24, 2.45) is 0 Å². The molecular formula is C15H16N6O2. The number of benzene rings is 1. The number of aromatic nitrogens is 5. The number of nitrogens with one attached hydrogen (secondary N) is 1. The van der Waals surface area contributed by atoms with Gasteiger partial charge in [0.2, 0.25) is 5.91 Å². The minimum Gasteiger partial charge on any atom is -0.354 e. The number of carbonyl (C=O) groups excluding carboxylic acids is 1. The second-order valence-corrected chi connectivity index (χ2v) is 4.97. The van der Waals surface area contributed by atoms with Crippen molar-refractivity contribution in [3.8, 4) is 11.5 Å². The van der Waals surface area contributed by atoms with Crippen LogP contribution in [0.15, 0.2) is 47.5 Å². The van der Waals surface area contributed by atoms with E-state index >= 15 is 0 Å². The molecule has 2 heterocycles. The van der Waals surface area contributed by atoms with E-state index in [1.165, 1.54) is 17.3 Å². The van der Waals surface area contributed by atoms with Crippen LogP contribution >= 0.6 is 0 Å². The standard InChI is InChI=1S/C15H16N6O2/c1-11(21-10-16-9-18-21)14(22)17-8-7-13-19-15(23-20-13)12-5-3-2-4-6-12/h2-6,9-11H,7-8H2,1H3,(H,17,22)/t11-/m0/s1. The van der Waals surface area contributed by atoms with Gasteiger partial charge in [0, 0.05) is 18.5 Å². The van der Waals surface area contributed by atoms with Crippen LogP contribution < -0.4 is 5.32 Å². The highest BCUT2D eigenvalue weighted by Crippen LogP contribution is 2.16. The van der Waals surface area contributed by atoms with Crippen molar-refractivity contribution in [2.75, 3.05) is 6.54 Å². The molecule has 1 amide bonds. The van der Waals surface area contributed by atoms with Crippen LogP contribution in [0.25, 0.3) is 11.5 Å². The minimum absolute atomic E-state index is 0.137. The van der Waals surface area contributed by atoms with Gasteiger partial charge in [0.15, 0.2) is 5.82 Å². The summed E-state index contributed by atoms with van der Waals surface area (Å²) in [6.07, 6.45) is 3.40. The van der Waals surface area contributed by atoms with E-state index in [-0.39, 0.29) is 5.91 Å². The molecule has 1 N–H and O–H groups in total. The summed E-state index contributed by atoms with van der Waals surface area (Å²) in [5, 5.41) is 10.7. The van der Waals surface area contributed by atoms with Crippen molar-refractivity contribution in [2.45, 2.75) is 19.4 Å². The van der Waals surface area contributed by atoms with Gasteiger partial charge in [-0.3, -0.25) is 4.79 Å². The summed E-state index contributed by atoms with van der Waals surface area (Å²) >= 11 is 0. The molecule has 8 heteroatoms. The molecule has 0 bridgehead atoms. The van der Waals surface area contributed by atoms with Gasteiger partial charge >= 0.3 is 0 Å². The fourth-order valence-corrected chi connectivity index (χ4v) is 2.04. The number of hydrogen-bond donors (Lipinski definition) is 1. The number of rotatable bonds is 6. The molecule has 0 saturated heterocycles. The Kier molecular flexibility index (Phi) is 4.41. The van der Waals surface area contributed by atoms with Gasteiger partial charge in [-0.25, -0.2) is 9.67 Å². The average Bonchev–Trinajstić information content (AvgIpc) is 3.27. The smallest absolute Gasteiger partial charge is 0.257 e. The van der Waals surface area contributed by atoms with Crippen molar-refractivity contribution in [3.05, 3.63) is 48.8 Å². The van der Waals surface area contributed by atoms with Crippen LogP contribution in [0, 0.1) is 0 Å². The molecule has 0 radical (unpaired) electrons. The van der Waals surface area contributed by atoms with Crippen molar-refractivity contribution < 1.29 is 9.32 Å². The molecule has 3 aromatic rings. The van der Waals surface area contributed by atoms with Crippen molar-refractivity contribution in [3.63, 3.8) is 0 Å². The Hall–Kier alpha value is -3.03. The van der Waals surface area contributed by atoms with E-state index in [4.69, 9.17) is 4.52 Å². The maximum atomic E-state index is 12.0. The molecule has 1 atom stereocenters. The molecule has 0 spiro atoms. The summed E-state index contributed by atoms with van der Waals surface area (Å²) in [5.74, 6) is 0.891. The maximum absolute atomic E-state index is 12.0. The highest BCUT2D eigenvalue weighted by atomic mass is 16.5. The fraction of sp³-hybridized carbons (Fsp3) is 0.267. The molecular weight excluding hydrogens is 296 g/mol. The zero-order valence-corrected chi connectivity index (χ0v) is 12.6. The van der Waals surface area contributed by atoms with E-state index in [1.807, 2.05) is 30.3 Å². The van der Waals surface area contributed by atoms with Gasteiger partial charge in [0.1, 0.15) is 18.7 Å². The van der Waals surface area contributed by atoms with Crippen molar-refractivity contribution in [1.29, 1.82) is 0 Å². The van der Waals surface area contributed by atoms with E-state index in [9.17, 15) is 4.79 Å². The second kappa shape index (κ2) is 6.82. The normalized spacial score (nSPS) is 12.0. The minimum atomic E-state index is -0.414. The van der Waals surface area contributed by atoms with E-state index in [0.29, 0.717) is 24.7 Å². The van der Waals surface area contributed by atoms with Gasteiger partial charge in [0.25, 0.3) is 5.89 Å². The molecule has 23 heavy (non-hydrogen) atoms. The SMILES string of the molecule is C[C@@H](C(=O)NCCc1noc(-c2ccccc2)n1)n1cncn1. The van der Waals surface area contributed by atoms with Crippen LogP contribution in [0.2, 0.25) is 0 Å². The van der Waals surface area contributed by atoms with Crippen LogP contribution in [0.4, 0.5) is 0 Å². The second-order valence-electron chi connectivity index (χ2n) is 4.97. The zero-order valence-electron chi connectivity index (χ0n) is 12.6. The number of amides is 1. The average molecular weight is 312 g/mol. The summed E-state index contributed by atoms with van der Waals surface area (Å²) < 4.78 is 6.72. The number of nitrogens with zero attached hydrogens (tertiary/aromatic N) is 5. The van der Waals surface area contributed by atoms with Gasteiger partial charge in [-0.05, 0) is 19.1 Å². The van der Waals surface area contributed by atoms with Crippen LogP contribution in [0.3, 0.4) is 0 Å². The van der Waals surface area contributed by atoms with Crippen LogP contribution in [0.5, 0.6) is 0 Å². The van der Waals surface area contributed by atoms with Gasteiger partial charge in [-0.2, -0.15) is 10.1 Å². The van der Waals surface area contributed by atoms with Gasteiger partial charge in [-0.1, -0.05) is 23.4 Å². The summed E-state index contributed by atoms with van der Waals surface area (Å²) in [5.41, 5.74) is 0.870. The van der Waals surface area contributed by atoms with E-state index in [2.05, 4.69) is 25.5 Å². The Balaban J connectivity index is 1.51. The van der Waals surface area contributed by atoms with Crippen LogP contribution in [-0.4, -0.2) is 37.4 Å². The molecule has 0 unspecified atom stereocenters. The van der Waals surface area contributed by atoms with Crippen molar-refractivity contribution >= 4 is 5.91 Å². The molecule has 118 valence electrons. The lowest BCUT2D eigenvalue weighted by Gasteiger charge is -2.11. The predicted octanol–water partition coefficient (Wildman–Crippen LogP) is 1.25. The summed E-state index contributed by atoms with van der Waals surface area (Å²) in [4.78, 5) is 20.1. The first kappa shape index (κ1) is 14.9. The number of hydrogen-bond acceptors (Lipinski definition) is 6. The zero-order chi connectivity index (χ0) is 16.1. The first-order chi connectivity index (χ1) is 11.2. The Morgan fingerprint density at radius 1 is 1.35 bits per heavy atom. The third-order valence-electron chi connectivity index (χ3n) is 3.35. The largest absolute Gasteiger partial charge is 0.354 e. The molecule has 0 aliphatic heterocycles. The van der Waals surface area contributed by atoms with Gasteiger partial charge in [0.05, 0.1) is 0 Å². The van der Waals surface area contributed by atoms with Crippen LogP contribution in [-0.2, 0) is 11.2 Å².